The van der Waals surface area contributed by atoms with E-state index in [0.29, 0.717) is 0 Å². The minimum absolute atomic E-state index is 0.167. The fourth-order valence-electron chi connectivity index (χ4n) is 1.58. The number of hydrogen-bond donors (Lipinski definition) is 0. The van der Waals surface area contributed by atoms with Gasteiger partial charge in [0.05, 0.1) is 0 Å². The Morgan fingerprint density at radius 3 is 2.79 bits per heavy atom. The van der Waals surface area contributed by atoms with Crippen molar-refractivity contribution in [3.63, 3.8) is 0 Å². The third-order valence-electron chi connectivity index (χ3n) is 2.33. The summed E-state index contributed by atoms with van der Waals surface area (Å²) in [5, 5.41) is 17.1. The summed E-state index contributed by atoms with van der Waals surface area (Å²) >= 11 is 0. The summed E-state index contributed by atoms with van der Waals surface area (Å²) in [6, 6.07) is 3.69. The molecule has 1 aliphatic rings. The van der Waals surface area contributed by atoms with Crippen molar-refractivity contribution in [2.24, 2.45) is 0 Å². The molecule has 0 bridgehead atoms. The first-order chi connectivity index (χ1) is 6.81. The van der Waals surface area contributed by atoms with Gasteiger partial charge in [-0.3, -0.25) is 0 Å². The number of nitriles is 2. The molecule has 0 spiro atoms. The van der Waals surface area contributed by atoms with Gasteiger partial charge in [0, 0.05) is 18.8 Å². The third kappa shape index (κ3) is 2.37. The molecule has 0 atom stereocenters. The molecule has 1 heterocycles. The van der Waals surface area contributed by atoms with Gasteiger partial charge < -0.3 is 4.90 Å². The van der Waals surface area contributed by atoms with Gasteiger partial charge in [-0.25, -0.2) is 0 Å². The summed E-state index contributed by atoms with van der Waals surface area (Å²) in [4.78, 5) is 2.27. The Labute approximate surface area is 84.5 Å². The number of allylic oxidation sites excluding steroid dienone is 4. The smallest absolute Gasteiger partial charge is 0.129 e. The van der Waals surface area contributed by atoms with Crippen LogP contribution in [0.5, 0.6) is 0 Å². The number of rotatable bonds is 2. The van der Waals surface area contributed by atoms with E-state index in [4.69, 9.17) is 10.5 Å². The average Bonchev–Trinajstić information content (AvgIpc) is 2.67. The minimum atomic E-state index is 0.167. The quantitative estimate of drug-likeness (QED) is 0.621. The van der Waals surface area contributed by atoms with E-state index in [0.717, 1.165) is 19.5 Å². The van der Waals surface area contributed by atoms with Gasteiger partial charge in [-0.1, -0.05) is 0 Å². The largest absolute Gasteiger partial charge is 0.375 e. The van der Waals surface area contributed by atoms with Crippen LogP contribution in [0.25, 0.3) is 0 Å². The van der Waals surface area contributed by atoms with Crippen molar-refractivity contribution in [3.8, 4) is 12.1 Å². The maximum Gasteiger partial charge on any atom is 0.129 e. The normalized spacial score (nSPS) is 17.6. The Bertz CT molecular complexity index is 323. The summed E-state index contributed by atoms with van der Waals surface area (Å²) < 4.78 is 0. The number of nitrogens with zero attached hydrogens (tertiary/aromatic N) is 3. The molecule has 0 aromatic carbocycles. The number of hydrogen-bond acceptors (Lipinski definition) is 3. The third-order valence-corrected chi connectivity index (χ3v) is 2.33. The van der Waals surface area contributed by atoms with Crippen molar-refractivity contribution in [3.05, 3.63) is 23.4 Å². The first-order valence-electron chi connectivity index (χ1n) is 4.77. The van der Waals surface area contributed by atoms with Crippen molar-refractivity contribution < 1.29 is 0 Å². The van der Waals surface area contributed by atoms with Crippen LogP contribution in [0.15, 0.2) is 23.4 Å². The first kappa shape index (κ1) is 10.3. The topological polar surface area (TPSA) is 50.8 Å². The predicted molar refractivity (Wildman–Crippen MR) is 53.9 cm³/mol. The molecule has 1 fully saturated rings. The van der Waals surface area contributed by atoms with Crippen LogP contribution in [0.1, 0.15) is 19.8 Å². The van der Waals surface area contributed by atoms with Crippen LogP contribution in [0, 0.1) is 22.7 Å². The monoisotopic (exact) mass is 187 g/mol. The molecule has 72 valence electrons. The second-order valence-corrected chi connectivity index (χ2v) is 3.15. The molecule has 1 saturated heterocycles. The van der Waals surface area contributed by atoms with Crippen LogP contribution in [-0.4, -0.2) is 18.0 Å². The van der Waals surface area contributed by atoms with Gasteiger partial charge in [0.2, 0.25) is 0 Å². The molecule has 0 unspecified atom stereocenters. The van der Waals surface area contributed by atoms with Crippen LogP contribution in [0.2, 0.25) is 0 Å². The molecular weight excluding hydrogens is 174 g/mol. The molecular formula is C11H13N3. The van der Waals surface area contributed by atoms with Crippen molar-refractivity contribution in [2.75, 3.05) is 13.1 Å². The summed E-state index contributed by atoms with van der Waals surface area (Å²) in [5.74, 6) is 0. The molecule has 3 heteroatoms. The van der Waals surface area contributed by atoms with Crippen molar-refractivity contribution in [1.29, 1.82) is 10.5 Å². The molecule has 0 aromatic rings. The molecule has 3 nitrogen and oxygen atoms in total. The summed E-state index contributed by atoms with van der Waals surface area (Å²) in [7, 11) is 0. The Balaban J connectivity index is 2.75. The molecule has 0 radical (unpaired) electrons. The van der Waals surface area contributed by atoms with Crippen LogP contribution >= 0.6 is 0 Å². The highest BCUT2D eigenvalue weighted by molar-refractivity contribution is 5.38. The lowest BCUT2D eigenvalue weighted by molar-refractivity contribution is 0.415. The highest BCUT2D eigenvalue weighted by Gasteiger charge is 2.13. The van der Waals surface area contributed by atoms with E-state index in [1.54, 1.807) is 6.08 Å². The number of likely N-dealkylation sites (tertiary alicyclic amines) is 1. The zero-order chi connectivity index (χ0) is 10.4. The van der Waals surface area contributed by atoms with Gasteiger partial charge in [0.1, 0.15) is 17.7 Å². The lowest BCUT2D eigenvalue weighted by Crippen LogP contribution is -2.16. The lowest BCUT2D eigenvalue weighted by Gasteiger charge is -2.16. The molecule has 1 rings (SSSR count). The Hall–Kier alpha value is -1.74. The van der Waals surface area contributed by atoms with E-state index in [2.05, 4.69) is 11.8 Å². The maximum atomic E-state index is 8.54. The van der Waals surface area contributed by atoms with Crippen molar-refractivity contribution in [1.82, 2.24) is 4.90 Å². The molecule has 14 heavy (non-hydrogen) atoms. The van der Waals surface area contributed by atoms with Crippen LogP contribution in [0.3, 0.4) is 0 Å². The van der Waals surface area contributed by atoms with Gasteiger partial charge in [-0.05, 0) is 31.9 Å². The van der Waals surface area contributed by atoms with Crippen molar-refractivity contribution >= 4 is 0 Å². The molecule has 0 N–H and O–H groups in total. The van der Waals surface area contributed by atoms with Gasteiger partial charge in [0.15, 0.2) is 0 Å². The SMILES string of the molecule is CCN1CCC/C1=C\C=C(C#N)C#N. The fourth-order valence-corrected chi connectivity index (χ4v) is 1.58. The van der Waals surface area contributed by atoms with Gasteiger partial charge in [-0.15, -0.1) is 0 Å². The summed E-state index contributed by atoms with van der Waals surface area (Å²) in [6.45, 7) is 4.19. The van der Waals surface area contributed by atoms with E-state index < -0.39 is 0 Å². The van der Waals surface area contributed by atoms with Crippen LogP contribution in [-0.2, 0) is 0 Å². The lowest BCUT2D eigenvalue weighted by atomic mass is 10.2. The van der Waals surface area contributed by atoms with Gasteiger partial charge >= 0.3 is 0 Å². The molecule has 1 aliphatic heterocycles. The van der Waals surface area contributed by atoms with E-state index in [9.17, 15) is 0 Å². The highest BCUT2D eigenvalue weighted by atomic mass is 15.1. The van der Waals surface area contributed by atoms with Crippen molar-refractivity contribution in [2.45, 2.75) is 19.8 Å². The summed E-state index contributed by atoms with van der Waals surface area (Å²) in [6.07, 6.45) is 5.71. The predicted octanol–water partition coefficient (Wildman–Crippen LogP) is 1.96. The van der Waals surface area contributed by atoms with E-state index in [1.165, 1.54) is 12.1 Å². The maximum absolute atomic E-state index is 8.54. The second-order valence-electron chi connectivity index (χ2n) is 3.15. The van der Waals surface area contributed by atoms with Gasteiger partial charge in [0.25, 0.3) is 0 Å². The first-order valence-corrected chi connectivity index (χ1v) is 4.77. The Kier molecular flexibility index (Phi) is 3.76. The molecule has 0 aromatic heterocycles. The zero-order valence-electron chi connectivity index (χ0n) is 8.32. The molecule has 0 aliphatic carbocycles. The second kappa shape index (κ2) is 5.09. The van der Waals surface area contributed by atoms with Crippen LogP contribution in [0.4, 0.5) is 0 Å². The van der Waals surface area contributed by atoms with Gasteiger partial charge in [-0.2, -0.15) is 10.5 Å². The Morgan fingerprint density at radius 2 is 2.21 bits per heavy atom. The van der Waals surface area contributed by atoms with E-state index in [1.807, 2.05) is 18.2 Å². The van der Waals surface area contributed by atoms with Crippen LogP contribution < -0.4 is 0 Å². The highest BCUT2D eigenvalue weighted by Crippen LogP contribution is 2.20. The van der Waals surface area contributed by atoms with E-state index >= 15 is 0 Å². The standard InChI is InChI=1S/C11H13N3/c1-2-14-7-3-4-11(14)6-5-10(8-12)9-13/h5-6H,2-4,7H2,1H3/b11-6+. The average molecular weight is 187 g/mol. The molecule has 0 amide bonds. The minimum Gasteiger partial charge on any atom is -0.375 e. The summed E-state index contributed by atoms with van der Waals surface area (Å²) in [5.41, 5.74) is 1.40. The fraction of sp³-hybridized carbons (Fsp3) is 0.455. The zero-order valence-corrected chi connectivity index (χ0v) is 8.32. The molecule has 0 saturated carbocycles. The Morgan fingerprint density at radius 1 is 1.50 bits per heavy atom. The van der Waals surface area contributed by atoms with E-state index in [-0.39, 0.29) is 5.57 Å².